The highest BCUT2D eigenvalue weighted by Crippen LogP contribution is 2.57. The number of rotatable bonds is 0. The van der Waals surface area contributed by atoms with Crippen molar-refractivity contribution in [1.82, 2.24) is 0 Å². The summed E-state index contributed by atoms with van der Waals surface area (Å²) in [5, 5.41) is 19.1. The Kier molecular flexibility index (Phi) is 1.37. The Hall–Kier alpha value is -0.0800. The predicted molar refractivity (Wildman–Crippen MR) is 42.0 cm³/mol. The zero-order chi connectivity index (χ0) is 8.22. The van der Waals surface area contributed by atoms with E-state index in [1.54, 1.807) is 0 Å². The van der Waals surface area contributed by atoms with Crippen molar-refractivity contribution in [3.8, 4) is 0 Å². The fourth-order valence-corrected chi connectivity index (χ4v) is 3.08. The van der Waals surface area contributed by atoms with Crippen LogP contribution in [0.2, 0.25) is 0 Å². The second-order valence-corrected chi connectivity index (χ2v) is 4.59. The van der Waals surface area contributed by atoms with E-state index in [1.165, 1.54) is 0 Å². The smallest absolute Gasteiger partial charge is 0.0835 e. The van der Waals surface area contributed by atoms with Gasteiger partial charge in [-0.2, -0.15) is 0 Å². The van der Waals surface area contributed by atoms with Crippen molar-refractivity contribution >= 4 is 0 Å². The summed E-state index contributed by atoms with van der Waals surface area (Å²) in [6.45, 7) is 4.32. The van der Waals surface area contributed by atoms with Gasteiger partial charge in [0.15, 0.2) is 0 Å². The number of aliphatic hydroxyl groups excluding tert-OH is 2. The lowest BCUT2D eigenvalue weighted by Gasteiger charge is -2.23. The Balaban J connectivity index is 2.31. The molecule has 0 unspecified atom stereocenters. The molecule has 0 aromatic heterocycles. The molecule has 2 N–H and O–H groups in total. The standard InChI is InChI=1S/C9H16O2/c1-9(2)5-3-4-6(9)8(11)7(5)10/h5-8,10-11H,3-4H2,1-2H3/t5-,6+,7-,8-/m1/s1. The molecule has 0 amide bonds. The third-order valence-corrected chi connectivity index (χ3v) is 3.87. The Morgan fingerprint density at radius 2 is 1.36 bits per heavy atom. The maximum Gasteiger partial charge on any atom is 0.0835 e. The van der Waals surface area contributed by atoms with Crippen molar-refractivity contribution in [2.75, 3.05) is 0 Å². The second kappa shape index (κ2) is 1.99. The molecule has 2 bridgehead atoms. The first-order chi connectivity index (χ1) is 5.05. The van der Waals surface area contributed by atoms with E-state index in [2.05, 4.69) is 13.8 Å². The van der Waals surface area contributed by atoms with Crippen molar-refractivity contribution in [2.45, 2.75) is 38.9 Å². The Labute approximate surface area is 67.2 Å². The van der Waals surface area contributed by atoms with Crippen LogP contribution in [0.15, 0.2) is 0 Å². The summed E-state index contributed by atoms with van der Waals surface area (Å²) in [7, 11) is 0. The summed E-state index contributed by atoms with van der Waals surface area (Å²) >= 11 is 0. The summed E-state index contributed by atoms with van der Waals surface area (Å²) in [6.07, 6.45) is 1.28. The Bertz CT molecular complexity index is 158. The molecule has 11 heavy (non-hydrogen) atoms. The first-order valence-corrected chi connectivity index (χ1v) is 4.41. The molecule has 2 saturated carbocycles. The number of aliphatic hydroxyl groups is 2. The van der Waals surface area contributed by atoms with Crippen molar-refractivity contribution in [3.05, 3.63) is 0 Å². The van der Waals surface area contributed by atoms with Crippen LogP contribution in [0.25, 0.3) is 0 Å². The number of hydrogen-bond donors (Lipinski definition) is 2. The van der Waals surface area contributed by atoms with Gasteiger partial charge in [-0.25, -0.2) is 0 Å². The zero-order valence-corrected chi connectivity index (χ0v) is 7.12. The average Bonchev–Trinajstić information content (AvgIpc) is 2.27. The van der Waals surface area contributed by atoms with E-state index in [9.17, 15) is 10.2 Å². The van der Waals surface area contributed by atoms with Gasteiger partial charge in [-0.3, -0.25) is 0 Å². The largest absolute Gasteiger partial charge is 0.390 e. The van der Waals surface area contributed by atoms with Gasteiger partial charge in [0, 0.05) is 0 Å². The van der Waals surface area contributed by atoms with Crippen LogP contribution in [0.1, 0.15) is 26.7 Å². The molecule has 0 spiro atoms. The lowest BCUT2D eigenvalue weighted by atomic mass is 9.82. The Morgan fingerprint density at radius 1 is 1.00 bits per heavy atom. The zero-order valence-electron chi connectivity index (χ0n) is 7.12. The molecule has 0 aromatic carbocycles. The summed E-state index contributed by atoms with van der Waals surface area (Å²) in [6, 6.07) is 0. The molecule has 2 aliphatic carbocycles. The lowest BCUT2D eigenvalue weighted by Crippen LogP contribution is -2.31. The van der Waals surface area contributed by atoms with Crippen LogP contribution in [-0.2, 0) is 0 Å². The molecule has 2 nitrogen and oxygen atoms in total. The minimum Gasteiger partial charge on any atom is -0.390 e. The van der Waals surface area contributed by atoms with Crippen molar-refractivity contribution < 1.29 is 10.2 Å². The summed E-state index contributed by atoms with van der Waals surface area (Å²) in [4.78, 5) is 0. The van der Waals surface area contributed by atoms with Gasteiger partial charge in [0.1, 0.15) is 0 Å². The topological polar surface area (TPSA) is 40.5 Å². The van der Waals surface area contributed by atoms with Crippen LogP contribution in [0, 0.1) is 17.3 Å². The molecule has 2 rings (SSSR count). The highest BCUT2D eigenvalue weighted by atomic mass is 16.3. The van der Waals surface area contributed by atoms with Gasteiger partial charge in [0.05, 0.1) is 12.2 Å². The molecule has 2 aliphatic rings. The van der Waals surface area contributed by atoms with Gasteiger partial charge in [-0.15, -0.1) is 0 Å². The fourth-order valence-electron chi connectivity index (χ4n) is 3.08. The molecule has 64 valence electrons. The van der Waals surface area contributed by atoms with Gasteiger partial charge in [-0.1, -0.05) is 13.8 Å². The predicted octanol–water partition coefficient (Wildman–Crippen LogP) is 0.774. The van der Waals surface area contributed by atoms with E-state index < -0.39 is 12.2 Å². The van der Waals surface area contributed by atoms with Crippen molar-refractivity contribution in [1.29, 1.82) is 0 Å². The van der Waals surface area contributed by atoms with E-state index in [4.69, 9.17) is 0 Å². The maximum atomic E-state index is 9.57. The Morgan fingerprint density at radius 3 is 1.55 bits per heavy atom. The normalized spacial score (nSPS) is 53.5. The molecule has 0 saturated heterocycles. The lowest BCUT2D eigenvalue weighted by molar-refractivity contribution is -0.0160. The molecule has 0 heterocycles. The van der Waals surface area contributed by atoms with E-state index in [1.807, 2.05) is 0 Å². The third kappa shape index (κ3) is 0.744. The minimum absolute atomic E-state index is 0.166. The molecule has 2 heteroatoms. The fraction of sp³-hybridized carbons (Fsp3) is 1.00. The van der Waals surface area contributed by atoms with Crippen LogP contribution in [0.5, 0.6) is 0 Å². The quantitative estimate of drug-likeness (QED) is 0.544. The van der Waals surface area contributed by atoms with Gasteiger partial charge in [0.2, 0.25) is 0 Å². The highest BCUT2D eigenvalue weighted by molar-refractivity contribution is 5.07. The van der Waals surface area contributed by atoms with E-state index in [0.717, 1.165) is 12.8 Å². The average molecular weight is 156 g/mol. The maximum absolute atomic E-state index is 9.57. The van der Waals surface area contributed by atoms with Gasteiger partial charge in [-0.05, 0) is 30.1 Å². The van der Waals surface area contributed by atoms with Crippen LogP contribution in [0.4, 0.5) is 0 Å². The molecule has 0 radical (unpaired) electrons. The summed E-state index contributed by atoms with van der Waals surface area (Å²) in [5.74, 6) is 0.671. The highest BCUT2D eigenvalue weighted by Gasteiger charge is 2.58. The first-order valence-electron chi connectivity index (χ1n) is 4.41. The van der Waals surface area contributed by atoms with Crippen LogP contribution < -0.4 is 0 Å². The van der Waals surface area contributed by atoms with E-state index in [-0.39, 0.29) is 5.41 Å². The molecule has 4 atom stereocenters. The third-order valence-electron chi connectivity index (χ3n) is 3.87. The van der Waals surface area contributed by atoms with Gasteiger partial charge in [0.25, 0.3) is 0 Å². The SMILES string of the molecule is CC1(C)[C@@H]2CC[C@H]1[C@@H](O)[C@@H]2O. The van der Waals surface area contributed by atoms with Crippen LogP contribution >= 0.6 is 0 Å². The van der Waals surface area contributed by atoms with Gasteiger partial charge < -0.3 is 10.2 Å². The molecular weight excluding hydrogens is 140 g/mol. The molecule has 2 fully saturated rings. The van der Waals surface area contributed by atoms with Crippen molar-refractivity contribution in [2.24, 2.45) is 17.3 Å². The van der Waals surface area contributed by atoms with Crippen LogP contribution in [0.3, 0.4) is 0 Å². The van der Waals surface area contributed by atoms with Gasteiger partial charge >= 0.3 is 0 Å². The van der Waals surface area contributed by atoms with Crippen LogP contribution in [-0.4, -0.2) is 22.4 Å². The molecule has 0 aliphatic heterocycles. The number of hydrogen-bond acceptors (Lipinski definition) is 2. The first kappa shape index (κ1) is 7.56. The number of fused-ring (bicyclic) bond motifs is 2. The van der Waals surface area contributed by atoms with E-state index >= 15 is 0 Å². The van der Waals surface area contributed by atoms with Crippen molar-refractivity contribution in [3.63, 3.8) is 0 Å². The molecule has 0 aromatic rings. The summed E-state index contributed by atoms with van der Waals surface area (Å²) < 4.78 is 0. The minimum atomic E-state index is -0.455. The molecular formula is C9H16O2. The summed E-state index contributed by atoms with van der Waals surface area (Å²) in [5.41, 5.74) is 0.166. The van der Waals surface area contributed by atoms with E-state index in [0.29, 0.717) is 11.8 Å². The monoisotopic (exact) mass is 156 g/mol. The second-order valence-electron chi connectivity index (χ2n) is 4.59.